The molecule has 0 aliphatic carbocycles. The Hall–Kier alpha value is -4.38. The van der Waals surface area contributed by atoms with Crippen molar-refractivity contribution >= 4 is 51.9 Å². The average molecular weight is 554 g/mol. The van der Waals surface area contributed by atoms with Crippen molar-refractivity contribution in [3.05, 3.63) is 77.2 Å². The molecule has 2 aromatic carbocycles. The van der Waals surface area contributed by atoms with Crippen molar-refractivity contribution in [3.63, 3.8) is 0 Å². The van der Waals surface area contributed by atoms with E-state index in [4.69, 9.17) is 13.9 Å². The molecule has 1 saturated heterocycles. The van der Waals surface area contributed by atoms with E-state index in [2.05, 4.69) is 15.2 Å². The van der Waals surface area contributed by atoms with Gasteiger partial charge in [0.2, 0.25) is 0 Å². The summed E-state index contributed by atoms with van der Waals surface area (Å²) in [6.07, 6.45) is 5.19. The fourth-order valence-electron chi connectivity index (χ4n) is 6.33. The Kier molecular flexibility index (Phi) is 6.38. The molecule has 1 fully saturated rings. The number of hydrogen-bond donors (Lipinski definition) is 1. The van der Waals surface area contributed by atoms with E-state index in [1.807, 2.05) is 36.4 Å². The van der Waals surface area contributed by atoms with Gasteiger partial charge in [-0.15, -0.1) is 0 Å². The molecule has 3 amide bonds. The third-order valence-corrected chi connectivity index (χ3v) is 8.34. The largest absolute Gasteiger partial charge is 0.521 e. The van der Waals surface area contributed by atoms with Crippen LogP contribution < -0.4 is 9.80 Å². The van der Waals surface area contributed by atoms with Gasteiger partial charge in [0, 0.05) is 59.9 Å². The molecule has 4 aliphatic heterocycles. The summed E-state index contributed by atoms with van der Waals surface area (Å²) in [5, 5.41) is 3.29. The molecule has 1 aromatic heterocycles. The van der Waals surface area contributed by atoms with E-state index in [1.165, 1.54) is 0 Å². The maximum atomic E-state index is 13.9. The standard InChI is InChI=1S/C31H28N4O6/c36-29-25(23-6-2-4-21-8-15-40-28(21)23)26(30(37)33-29)24-19-32-9-14-35(13-7-20-3-1-5-22(24)27(20)35)31(38)41-18-12-34-10-16-39-17-11-34/h1-6,8-9,15,19H,7,10-14,16-18H2/p+1. The zero-order chi connectivity index (χ0) is 28.0. The minimum Gasteiger partial charge on any atom is -0.464 e. The number of aliphatic imine (C=N–C) groups is 1. The number of benzene rings is 2. The van der Waals surface area contributed by atoms with E-state index >= 15 is 0 Å². The summed E-state index contributed by atoms with van der Waals surface area (Å²) in [6.45, 7) is 4.74. The first-order chi connectivity index (χ1) is 20.1. The summed E-state index contributed by atoms with van der Waals surface area (Å²) >= 11 is 0. The van der Waals surface area contributed by atoms with Gasteiger partial charge in [-0.05, 0) is 12.1 Å². The normalized spacial score (nSPS) is 22.4. The van der Waals surface area contributed by atoms with E-state index in [9.17, 15) is 14.4 Å². The number of para-hydroxylation sites is 2. The fraction of sp³-hybridized carbons (Fsp3) is 0.290. The number of nitrogens with zero attached hydrogens (tertiary/aromatic N) is 3. The van der Waals surface area contributed by atoms with Gasteiger partial charge in [0.1, 0.15) is 18.7 Å². The van der Waals surface area contributed by atoms with Gasteiger partial charge in [0.15, 0.2) is 5.69 Å². The van der Waals surface area contributed by atoms with Gasteiger partial charge >= 0.3 is 6.09 Å². The first-order valence-corrected chi connectivity index (χ1v) is 13.8. The van der Waals surface area contributed by atoms with Crippen LogP contribution in [0.15, 0.2) is 69.9 Å². The van der Waals surface area contributed by atoms with Crippen LogP contribution in [0, 0.1) is 0 Å². The predicted octanol–water partition coefficient (Wildman–Crippen LogP) is 3.30. The van der Waals surface area contributed by atoms with Crippen LogP contribution in [-0.2, 0) is 25.5 Å². The molecule has 10 nitrogen and oxygen atoms in total. The highest BCUT2D eigenvalue weighted by Crippen LogP contribution is 2.46. The zero-order valence-electron chi connectivity index (χ0n) is 22.4. The second-order valence-electron chi connectivity index (χ2n) is 10.6. The second kappa shape index (κ2) is 10.2. The molecule has 0 radical (unpaired) electrons. The lowest BCUT2D eigenvalue weighted by Gasteiger charge is -2.32. The van der Waals surface area contributed by atoms with Crippen molar-refractivity contribution in [2.75, 3.05) is 52.5 Å². The van der Waals surface area contributed by atoms with Crippen molar-refractivity contribution in [3.8, 4) is 0 Å². The Morgan fingerprint density at radius 1 is 1.02 bits per heavy atom. The Balaban J connectivity index is 1.31. The molecular weight excluding hydrogens is 524 g/mol. The number of carbonyl (C=O) groups is 3. The van der Waals surface area contributed by atoms with Crippen molar-refractivity contribution < 1.29 is 28.3 Å². The van der Waals surface area contributed by atoms with Gasteiger partial charge in [-0.1, -0.05) is 30.3 Å². The van der Waals surface area contributed by atoms with E-state index in [1.54, 1.807) is 24.7 Å². The molecule has 41 heavy (non-hydrogen) atoms. The molecule has 1 atom stereocenters. The van der Waals surface area contributed by atoms with Crippen LogP contribution in [0.2, 0.25) is 0 Å². The van der Waals surface area contributed by atoms with Gasteiger partial charge in [-0.3, -0.25) is 24.8 Å². The van der Waals surface area contributed by atoms with Gasteiger partial charge in [0.05, 0.1) is 43.4 Å². The first kappa shape index (κ1) is 25.6. The van der Waals surface area contributed by atoms with Crippen LogP contribution in [0.5, 0.6) is 0 Å². The van der Waals surface area contributed by atoms with E-state index in [-0.39, 0.29) is 28.3 Å². The summed E-state index contributed by atoms with van der Waals surface area (Å²) in [7, 11) is 0. The van der Waals surface area contributed by atoms with Crippen LogP contribution >= 0.6 is 0 Å². The topological polar surface area (TPSA) is 110 Å². The van der Waals surface area contributed by atoms with Crippen molar-refractivity contribution in [1.82, 2.24) is 14.7 Å². The molecule has 1 N–H and O–H groups in total. The minimum atomic E-state index is -0.516. The van der Waals surface area contributed by atoms with Crippen LogP contribution in [0.4, 0.5) is 10.5 Å². The number of morpholine rings is 1. The molecule has 5 heterocycles. The number of hydrogen-bond acceptors (Lipinski definition) is 8. The van der Waals surface area contributed by atoms with Crippen LogP contribution in [-0.4, -0.2) is 81.6 Å². The molecular formula is C31H29N4O6+. The van der Waals surface area contributed by atoms with Gasteiger partial charge < -0.3 is 13.9 Å². The SMILES string of the molecule is O=C1NC(=O)C(c2cccc3ccoc23)=C1C1=CN=CC[N+]2(C(=O)OCCN3CCOCC3)CCc3cccc1c32. The predicted molar refractivity (Wildman–Crippen MR) is 153 cm³/mol. The lowest BCUT2D eigenvalue weighted by molar-refractivity contribution is -0.123. The van der Waals surface area contributed by atoms with Crippen LogP contribution in [0.25, 0.3) is 22.1 Å². The molecule has 208 valence electrons. The highest BCUT2D eigenvalue weighted by molar-refractivity contribution is 6.41. The lowest BCUT2D eigenvalue weighted by Crippen LogP contribution is -2.55. The quantitative estimate of drug-likeness (QED) is 0.381. The number of quaternary nitrogens is 1. The molecule has 7 rings (SSSR count). The number of nitrogens with one attached hydrogen (secondary N) is 1. The third-order valence-electron chi connectivity index (χ3n) is 8.34. The summed E-state index contributed by atoms with van der Waals surface area (Å²) in [4.78, 5) is 47.3. The average Bonchev–Trinajstić information content (AvgIpc) is 3.68. The molecule has 0 bridgehead atoms. The van der Waals surface area contributed by atoms with Crippen molar-refractivity contribution in [2.24, 2.45) is 4.99 Å². The monoisotopic (exact) mass is 553 g/mol. The Morgan fingerprint density at radius 3 is 2.71 bits per heavy atom. The van der Waals surface area contributed by atoms with Crippen molar-refractivity contribution in [2.45, 2.75) is 6.42 Å². The summed E-state index contributed by atoms with van der Waals surface area (Å²) < 4.78 is 17.0. The number of furan rings is 1. The third kappa shape index (κ3) is 4.22. The number of imide groups is 1. The fourth-order valence-corrected chi connectivity index (χ4v) is 6.33. The molecule has 3 aromatic rings. The van der Waals surface area contributed by atoms with E-state index in [0.717, 1.165) is 29.7 Å². The molecule has 0 spiro atoms. The molecule has 1 unspecified atom stereocenters. The summed E-state index contributed by atoms with van der Waals surface area (Å²) in [6, 6.07) is 13.1. The van der Waals surface area contributed by atoms with Gasteiger partial charge in [-0.2, -0.15) is 9.28 Å². The number of amides is 3. The second-order valence-corrected chi connectivity index (χ2v) is 10.6. The smallest absolute Gasteiger partial charge is 0.464 e. The van der Waals surface area contributed by atoms with E-state index < -0.39 is 11.8 Å². The van der Waals surface area contributed by atoms with Gasteiger partial charge in [0.25, 0.3) is 11.8 Å². The number of rotatable bonds is 5. The molecule has 4 aliphatic rings. The van der Waals surface area contributed by atoms with Crippen LogP contribution in [0.1, 0.15) is 16.7 Å². The highest BCUT2D eigenvalue weighted by atomic mass is 16.6. The highest BCUT2D eigenvalue weighted by Gasteiger charge is 2.50. The Labute approximate surface area is 236 Å². The molecule has 0 saturated carbocycles. The Bertz CT molecular complexity index is 1680. The number of carbonyl (C=O) groups excluding carboxylic acids is 3. The maximum absolute atomic E-state index is 13.9. The van der Waals surface area contributed by atoms with Gasteiger partial charge in [-0.25, -0.2) is 0 Å². The zero-order valence-corrected chi connectivity index (χ0v) is 22.4. The number of fused-ring (bicyclic) bond motifs is 1. The van der Waals surface area contributed by atoms with Crippen molar-refractivity contribution in [1.29, 1.82) is 0 Å². The minimum absolute atomic E-state index is 0.0542. The van der Waals surface area contributed by atoms with Crippen LogP contribution in [0.3, 0.4) is 0 Å². The lowest BCUT2D eigenvalue weighted by atomic mass is 9.89. The number of ether oxygens (including phenoxy) is 2. The molecule has 10 heteroatoms. The maximum Gasteiger partial charge on any atom is 0.521 e. The summed E-state index contributed by atoms with van der Waals surface area (Å²) in [5.41, 5.74) is 4.43. The first-order valence-electron chi connectivity index (χ1n) is 13.8. The summed E-state index contributed by atoms with van der Waals surface area (Å²) in [5.74, 6) is -1.02. The van der Waals surface area contributed by atoms with E-state index in [0.29, 0.717) is 61.6 Å². The Morgan fingerprint density at radius 2 is 1.83 bits per heavy atom.